The van der Waals surface area contributed by atoms with Crippen molar-refractivity contribution in [3.8, 4) is 11.5 Å². The van der Waals surface area contributed by atoms with Gasteiger partial charge >= 0.3 is 5.69 Å². The van der Waals surface area contributed by atoms with Gasteiger partial charge in [0.1, 0.15) is 12.2 Å². The fourth-order valence-electron chi connectivity index (χ4n) is 2.77. The van der Waals surface area contributed by atoms with Gasteiger partial charge in [0.25, 0.3) is 5.56 Å². The smallest absolute Gasteiger partial charge is 0.330 e. The number of nitrogens with zero attached hydrogens (tertiary/aromatic N) is 2. The molecule has 0 N–H and O–H groups in total. The molecule has 6 heteroatoms. The summed E-state index contributed by atoms with van der Waals surface area (Å²) in [6.07, 6.45) is 0.823. The minimum atomic E-state index is -0.369. The monoisotopic (exact) mass is 316 g/mol. The summed E-state index contributed by atoms with van der Waals surface area (Å²) in [5, 5.41) is 0. The second-order valence-electron chi connectivity index (χ2n) is 6.45. The Morgan fingerprint density at radius 1 is 1.22 bits per heavy atom. The Kier molecular flexibility index (Phi) is 3.55. The van der Waals surface area contributed by atoms with E-state index in [0.717, 1.165) is 22.3 Å². The van der Waals surface area contributed by atoms with Crippen molar-refractivity contribution < 1.29 is 9.47 Å². The summed E-state index contributed by atoms with van der Waals surface area (Å²) < 4.78 is 14.3. The van der Waals surface area contributed by atoms with Crippen molar-refractivity contribution in [3.05, 3.63) is 56.4 Å². The van der Waals surface area contributed by atoms with Gasteiger partial charge in [-0.25, -0.2) is 4.79 Å². The first kappa shape index (κ1) is 15.4. The van der Waals surface area contributed by atoms with Crippen LogP contribution in [0.2, 0.25) is 0 Å². The van der Waals surface area contributed by atoms with E-state index in [2.05, 4.69) is 0 Å². The molecule has 122 valence electrons. The summed E-state index contributed by atoms with van der Waals surface area (Å²) >= 11 is 0. The Morgan fingerprint density at radius 2 is 1.96 bits per heavy atom. The number of ether oxygens (including phenoxy) is 2. The standard InChI is InChI=1S/C17H20N2O4/c1-17(2)9-11-6-5-7-13(15(11)23-17)22-10-12-8-14(20)19(4)16(21)18(12)3/h5-8H,9-10H2,1-4H3. The Labute approximate surface area is 133 Å². The summed E-state index contributed by atoms with van der Waals surface area (Å²) in [7, 11) is 3.07. The van der Waals surface area contributed by atoms with Crippen molar-refractivity contribution >= 4 is 0 Å². The summed E-state index contributed by atoms with van der Waals surface area (Å²) in [5.41, 5.74) is 0.657. The molecule has 23 heavy (non-hydrogen) atoms. The molecule has 1 aromatic heterocycles. The summed E-state index contributed by atoms with van der Waals surface area (Å²) in [6, 6.07) is 7.18. The molecule has 0 atom stereocenters. The average molecular weight is 316 g/mol. The summed E-state index contributed by atoms with van der Waals surface area (Å²) in [6.45, 7) is 4.19. The van der Waals surface area contributed by atoms with Gasteiger partial charge in [0.15, 0.2) is 11.5 Å². The molecule has 2 aromatic rings. The third-order valence-electron chi connectivity index (χ3n) is 4.06. The number of benzene rings is 1. The van der Waals surface area contributed by atoms with Gasteiger partial charge < -0.3 is 9.47 Å². The van der Waals surface area contributed by atoms with Gasteiger partial charge in [0.2, 0.25) is 0 Å². The summed E-state index contributed by atoms with van der Waals surface area (Å²) in [4.78, 5) is 23.7. The van der Waals surface area contributed by atoms with Crippen LogP contribution in [-0.2, 0) is 27.1 Å². The maximum absolute atomic E-state index is 11.9. The third kappa shape index (κ3) is 2.76. The van der Waals surface area contributed by atoms with Crippen molar-refractivity contribution in [1.82, 2.24) is 9.13 Å². The molecular formula is C17H20N2O4. The fraction of sp³-hybridized carbons (Fsp3) is 0.412. The Morgan fingerprint density at radius 3 is 2.70 bits per heavy atom. The lowest BCUT2D eigenvalue weighted by molar-refractivity contribution is 0.131. The third-order valence-corrected chi connectivity index (χ3v) is 4.06. The number of hydrogen-bond acceptors (Lipinski definition) is 4. The van der Waals surface area contributed by atoms with Crippen molar-refractivity contribution in [1.29, 1.82) is 0 Å². The highest BCUT2D eigenvalue weighted by molar-refractivity contribution is 5.50. The molecule has 0 saturated carbocycles. The Bertz CT molecular complexity index is 877. The number of aromatic nitrogens is 2. The molecule has 0 radical (unpaired) electrons. The molecule has 0 unspecified atom stereocenters. The summed E-state index contributed by atoms with van der Waals surface area (Å²) in [5.74, 6) is 1.37. The van der Waals surface area contributed by atoms with E-state index < -0.39 is 0 Å². The zero-order chi connectivity index (χ0) is 16.8. The largest absolute Gasteiger partial charge is 0.483 e. The molecule has 3 rings (SSSR count). The van der Waals surface area contributed by atoms with Crippen molar-refractivity contribution in [2.24, 2.45) is 14.1 Å². The molecule has 2 heterocycles. The molecule has 0 spiro atoms. The van der Waals surface area contributed by atoms with Gasteiger partial charge in [-0.05, 0) is 19.9 Å². The number of para-hydroxylation sites is 1. The molecule has 0 amide bonds. The van der Waals surface area contributed by atoms with Crippen LogP contribution >= 0.6 is 0 Å². The zero-order valence-corrected chi connectivity index (χ0v) is 13.8. The first-order valence-electron chi connectivity index (χ1n) is 7.48. The first-order valence-corrected chi connectivity index (χ1v) is 7.48. The predicted octanol–water partition coefficient (Wildman–Crippen LogP) is 1.38. The maximum atomic E-state index is 11.9. The Hall–Kier alpha value is -2.50. The second-order valence-corrected chi connectivity index (χ2v) is 6.45. The highest BCUT2D eigenvalue weighted by Crippen LogP contribution is 2.41. The highest BCUT2D eigenvalue weighted by atomic mass is 16.5. The second kappa shape index (κ2) is 5.30. The number of rotatable bonds is 3. The predicted molar refractivity (Wildman–Crippen MR) is 86.1 cm³/mol. The van der Waals surface area contributed by atoms with Crippen LogP contribution < -0.4 is 20.7 Å². The van der Waals surface area contributed by atoms with E-state index in [1.165, 1.54) is 17.7 Å². The molecule has 0 saturated heterocycles. The molecule has 1 aliphatic rings. The molecular weight excluding hydrogens is 296 g/mol. The van der Waals surface area contributed by atoms with Crippen LogP contribution in [0.1, 0.15) is 25.1 Å². The van der Waals surface area contributed by atoms with E-state index in [-0.39, 0.29) is 23.5 Å². The Balaban J connectivity index is 1.88. The van der Waals surface area contributed by atoms with Gasteiger partial charge in [-0.1, -0.05) is 12.1 Å². The van der Waals surface area contributed by atoms with Crippen LogP contribution in [0.5, 0.6) is 11.5 Å². The lowest BCUT2D eigenvalue weighted by Gasteiger charge is -2.18. The zero-order valence-electron chi connectivity index (χ0n) is 13.8. The van der Waals surface area contributed by atoms with E-state index in [4.69, 9.17) is 9.47 Å². The minimum absolute atomic E-state index is 0.127. The molecule has 1 aliphatic heterocycles. The van der Waals surface area contributed by atoms with Gasteiger partial charge in [-0.15, -0.1) is 0 Å². The maximum Gasteiger partial charge on any atom is 0.330 e. The molecule has 0 fully saturated rings. The van der Waals surface area contributed by atoms with E-state index in [9.17, 15) is 9.59 Å². The minimum Gasteiger partial charge on any atom is -0.483 e. The van der Waals surface area contributed by atoms with Crippen molar-refractivity contribution in [2.75, 3.05) is 0 Å². The lowest BCUT2D eigenvalue weighted by Crippen LogP contribution is -2.38. The van der Waals surface area contributed by atoms with Crippen LogP contribution in [-0.4, -0.2) is 14.7 Å². The lowest BCUT2D eigenvalue weighted by atomic mass is 10.0. The van der Waals surface area contributed by atoms with Crippen molar-refractivity contribution in [3.63, 3.8) is 0 Å². The molecule has 1 aromatic carbocycles. The molecule has 6 nitrogen and oxygen atoms in total. The first-order chi connectivity index (χ1) is 10.8. The normalized spacial score (nSPS) is 15.1. The molecule has 0 bridgehead atoms. The number of hydrogen-bond donors (Lipinski definition) is 0. The number of fused-ring (bicyclic) bond motifs is 1. The quantitative estimate of drug-likeness (QED) is 0.858. The van der Waals surface area contributed by atoms with Gasteiger partial charge in [0, 0.05) is 32.1 Å². The SMILES string of the molecule is Cn1c(COc2cccc3c2OC(C)(C)C3)cc(=O)n(C)c1=O. The van der Waals surface area contributed by atoms with Gasteiger partial charge in [0.05, 0.1) is 5.69 Å². The van der Waals surface area contributed by atoms with E-state index in [0.29, 0.717) is 11.4 Å². The molecule has 0 aliphatic carbocycles. The topological polar surface area (TPSA) is 62.5 Å². The average Bonchev–Trinajstić information content (AvgIpc) is 2.82. The van der Waals surface area contributed by atoms with Crippen molar-refractivity contribution in [2.45, 2.75) is 32.5 Å². The van der Waals surface area contributed by atoms with Gasteiger partial charge in [-0.3, -0.25) is 13.9 Å². The van der Waals surface area contributed by atoms with Crippen LogP contribution in [0.25, 0.3) is 0 Å². The highest BCUT2D eigenvalue weighted by Gasteiger charge is 2.32. The van der Waals surface area contributed by atoms with E-state index in [1.807, 2.05) is 32.0 Å². The van der Waals surface area contributed by atoms with Crippen LogP contribution in [0.3, 0.4) is 0 Å². The van der Waals surface area contributed by atoms with Crippen LogP contribution in [0.15, 0.2) is 33.9 Å². The van der Waals surface area contributed by atoms with Gasteiger partial charge in [-0.2, -0.15) is 0 Å². The fourth-order valence-corrected chi connectivity index (χ4v) is 2.77. The van der Waals surface area contributed by atoms with E-state index in [1.54, 1.807) is 7.05 Å². The van der Waals surface area contributed by atoms with E-state index >= 15 is 0 Å². The van der Waals surface area contributed by atoms with Crippen LogP contribution in [0, 0.1) is 0 Å². The van der Waals surface area contributed by atoms with Crippen LogP contribution in [0.4, 0.5) is 0 Å².